The molecule has 1 aliphatic heterocycles. The van der Waals surface area contributed by atoms with E-state index in [0.717, 1.165) is 12.8 Å². The number of nitrogens with two attached hydrogens (primary N) is 1. The smallest absolute Gasteiger partial charge is 0.243 e. The van der Waals surface area contributed by atoms with E-state index < -0.39 is 10.0 Å². The van der Waals surface area contributed by atoms with Gasteiger partial charge in [0.1, 0.15) is 4.90 Å². The van der Waals surface area contributed by atoms with E-state index >= 15 is 0 Å². The standard InChI is InChI=1S/C11H14Cl2N2O3S/c12-9-4-7(14)5-10(13)11(9)19(16,17)15-8-2-1-3-18-6-8/h4-5,8,15H,1-3,6,14H2. The highest BCUT2D eigenvalue weighted by Gasteiger charge is 2.26. The van der Waals surface area contributed by atoms with Gasteiger partial charge in [-0.25, -0.2) is 13.1 Å². The molecule has 1 saturated heterocycles. The molecule has 1 heterocycles. The van der Waals surface area contributed by atoms with E-state index in [1.807, 2.05) is 0 Å². The highest BCUT2D eigenvalue weighted by molar-refractivity contribution is 7.89. The van der Waals surface area contributed by atoms with Crippen molar-refractivity contribution in [3.63, 3.8) is 0 Å². The lowest BCUT2D eigenvalue weighted by atomic mass is 10.1. The molecule has 1 aromatic rings. The minimum Gasteiger partial charge on any atom is -0.399 e. The average Bonchev–Trinajstić information content (AvgIpc) is 2.27. The van der Waals surface area contributed by atoms with Crippen LogP contribution < -0.4 is 10.5 Å². The maximum Gasteiger partial charge on any atom is 0.243 e. The van der Waals surface area contributed by atoms with Crippen LogP contribution in [0.25, 0.3) is 0 Å². The number of rotatable bonds is 3. The second-order valence-corrected chi connectivity index (χ2v) is 6.81. The molecule has 5 nitrogen and oxygen atoms in total. The van der Waals surface area contributed by atoms with Gasteiger partial charge in [-0.05, 0) is 25.0 Å². The van der Waals surface area contributed by atoms with Crippen molar-refractivity contribution in [2.24, 2.45) is 0 Å². The lowest BCUT2D eigenvalue weighted by Gasteiger charge is -2.23. The summed E-state index contributed by atoms with van der Waals surface area (Å²) in [7, 11) is -3.79. The molecule has 1 fully saturated rings. The second kappa shape index (κ2) is 5.85. The summed E-state index contributed by atoms with van der Waals surface area (Å²) >= 11 is 11.8. The summed E-state index contributed by atoms with van der Waals surface area (Å²) in [6, 6.07) is 2.46. The summed E-state index contributed by atoms with van der Waals surface area (Å²) in [4.78, 5) is -0.143. The fourth-order valence-electron chi connectivity index (χ4n) is 1.95. The van der Waals surface area contributed by atoms with Crippen LogP contribution in [0.4, 0.5) is 5.69 Å². The van der Waals surface area contributed by atoms with Crippen LogP contribution in [0.2, 0.25) is 10.0 Å². The molecule has 0 aliphatic carbocycles. The lowest BCUT2D eigenvalue weighted by Crippen LogP contribution is -2.40. The highest BCUT2D eigenvalue weighted by atomic mass is 35.5. The molecule has 3 N–H and O–H groups in total. The summed E-state index contributed by atoms with van der Waals surface area (Å²) in [5.74, 6) is 0. The summed E-state index contributed by atoms with van der Waals surface area (Å²) in [5.41, 5.74) is 5.87. The summed E-state index contributed by atoms with van der Waals surface area (Å²) in [6.07, 6.45) is 1.54. The lowest BCUT2D eigenvalue weighted by molar-refractivity contribution is 0.0774. The first-order valence-corrected chi connectivity index (χ1v) is 7.98. The Labute approximate surface area is 122 Å². The number of sulfonamides is 1. The van der Waals surface area contributed by atoms with Crippen molar-refractivity contribution >= 4 is 38.9 Å². The van der Waals surface area contributed by atoms with Crippen molar-refractivity contribution in [1.82, 2.24) is 4.72 Å². The van der Waals surface area contributed by atoms with Crippen LogP contribution in [0.15, 0.2) is 17.0 Å². The molecular formula is C11H14Cl2N2O3S. The largest absolute Gasteiger partial charge is 0.399 e. The quantitative estimate of drug-likeness (QED) is 0.833. The molecule has 2 rings (SSSR count). The van der Waals surface area contributed by atoms with Crippen molar-refractivity contribution in [2.45, 2.75) is 23.8 Å². The minimum absolute atomic E-state index is 0.00854. The fourth-order valence-corrected chi connectivity index (χ4v) is 4.44. The average molecular weight is 325 g/mol. The molecular weight excluding hydrogens is 311 g/mol. The van der Waals surface area contributed by atoms with Crippen molar-refractivity contribution in [1.29, 1.82) is 0 Å². The van der Waals surface area contributed by atoms with E-state index in [1.54, 1.807) is 0 Å². The van der Waals surface area contributed by atoms with Gasteiger partial charge in [0.2, 0.25) is 10.0 Å². The fraction of sp³-hybridized carbons (Fsp3) is 0.455. The molecule has 1 aliphatic rings. The van der Waals surface area contributed by atoms with Crippen LogP contribution in [0.5, 0.6) is 0 Å². The number of hydrogen-bond acceptors (Lipinski definition) is 4. The normalized spacial score (nSPS) is 20.4. The summed E-state index contributed by atoms with van der Waals surface area (Å²) in [6.45, 7) is 1.01. The summed E-state index contributed by atoms with van der Waals surface area (Å²) < 4.78 is 32.3. The zero-order valence-corrected chi connectivity index (χ0v) is 12.4. The molecule has 0 saturated carbocycles. The van der Waals surface area contributed by atoms with Gasteiger partial charge in [-0.3, -0.25) is 0 Å². The molecule has 1 unspecified atom stereocenters. The molecule has 8 heteroatoms. The van der Waals surface area contributed by atoms with Crippen molar-refractivity contribution in [2.75, 3.05) is 18.9 Å². The SMILES string of the molecule is Nc1cc(Cl)c(S(=O)(=O)NC2CCCOC2)c(Cl)c1. The van der Waals surface area contributed by atoms with Crippen LogP contribution >= 0.6 is 23.2 Å². The van der Waals surface area contributed by atoms with E-state index in [9.17, 15) is 8.42 Å². The van der Waals surface area contributed by atoms with Gasteiger partial charge in [0.05, 0.1) is 16.7 Å². The van der Waals surface area contributed by atoms with E-state index in [2.05, 4.69) is 4.72 Å². The zero-order chi connectivity index (χ0) is 14.0. The molecule has 0 spiro atoms. The number of nitrogen functional groups attached to an aromatic ring is 1. The second-order valence-electron chi connectivity index (χ2n) is 4.35. The van der Waals surface area contributed by atoms with Crippen LogP contribution in [-0.4, -0.2) is 27.7 Å². The van der Waals surface area contributed by atoms with Crippen LogP contribution in [0, 0.1) is 0 Å². The third-order valence-corrected chi connectivity index (χ3v) is 5.21. The van der Waals surface area contributed by atoms with Gasteiger partial charge in [0.25, 0.3) is 0 Å². The van der Waals surface area contributed by atoms with Gasteiger partial charge in [0.15, 0.2) is 0 Å². The Morgan fingerprint density at radius 2 is 1.95 bits per heavy atom. The molecule has 0 amide bonds. The third kappa shape index (κ3) is 3.52. The van der Waals surface area contributed by atoms with Crippen LogP contribution in [0.1, 0.15) is 12.8 Å². The molecule has 0 bridgehead atoms. The molecule has 0 radical (unpaired) electrons. The van der Waals surface area contributed by atoms with E-state index in [1.165, 1.54) is 12.1 Å². The topological polar surface area (TPSA) is 81.4 Å². The van der Waals surface area contributed by atoms with Crippen molar-refractivity contribution in [3.05, 3.63) is 22.2 Å². The first-order valence-electron chi connectivity index (χ1n) is 5.75. The van der Waals surface area contributed by atoms with Crippen LogP contribution in [-0.2, 0) is 14.8 Å². The number of ether oxygens (including phenoxy) is 1. The molecule has 106 valence electrons. The minimum atomic E-state index is -3.79. The first kappa shape index (κ1) is 14.9. The number of halogens is 2. The Balaban J connectivity index is 2.29. The Bertz CT molecular complexity index is 548. The molecule has 1 aromatic carbocycles. The molecule has 1 atom stereocenters. The monoisotopic (exact) mass is 324 g/mol. The van der Waals surface area contributed by atoms with Gasteiger partial charge in [-0.2, -0.15) is 0 Å². The summed E-state index contributed by atoms with van der Waals surface area (Å²) in [5, 5.41) is 0.0171. The van der Waals surface area contributed by atoms with E-state index in [-0.39, 0.29) is 21.0 Å². The number of hydrogen-bond donors (Lipinski definition) is 2. The maximum absolute atomic E-state index is 12.3. The van der Waals surface area contributed by atoms with Gasteiger partial charge in [-0.1, -0.05) is 23.2 Å². The first-order chi connectivity index (χ1) is 8.90. The van der Waals surface area contributed by atoms with E-state index in [4.69, 9.17) is 33.7 Å². The third-order valence-electron chi connectivity index (χ3n) is 2.77. The predicted octanol–water partition coefficient (Wildman–Crippen LogP) is 2.03. The Hall–Kier alpha value is -0.530. The van der Waals surface area contributed by atoms with Gasteiger partial charge in [-0.15, -0.1) is 0 Å². The molecule has 0 aromatic heterocycles. The van der Waals surface area contributed by atoms with Crippen molar-refractivity contribution in [3.8, 4) is 0 Å². The maximum atomic E-state index is 12.3. The van der Waals surface area contributed by atoms with E-state index in [0.29, 0.717) is 18.9 Å². The van der Waals surface area contributed by atoms with Crippen LogP contribution in [0.3, 0.4) is 0 Å². The van der Waals surface area contributed by atoms with Gasteiger partial charge >= 0.3 is 0 Å². The van der Waals surface area contributed by atoms with Gasteiger partial charge in [0, 0.05) is 18.3 Å². The number of anilines is 1. The number of benzene rings is 1. The Kier molecular flexibility index (Phi) is 4.58. The highest BCUT2D eigenvalue weighted by Crippen LogP contribution is 2.32. The Morgan fingerprint density at radius 1 is 1.32 bits per heavy atom. The zero-order valence-electron chi connectivity index (χ0n) is 10.0. The predicted molar refractivity (Wildman–Crippen MR) is 75.0 cm³/mol. The number of nitrogens with one attached hydrogen (secondary N) is 1. The van der Waals surface area contributed by atoms with Crippen molar-refractivity contribution < 1.29 is 13.2 Å². The molecule has 19 heavy (non-hydrogen) atoms. The van der Waals surface area contributed by atoms with Gasteiger partial charge < -0.3 is 10.5 Å². The Morgan fingerprint density at radius 3 is 2.47 bits per heavy atom.